The number of carbonyl (C=O) groups is 1. The van der Waals surface area contributed by atoms with Gasteiger partial charge in [-0.05, 0) is 48.2 Å². The molecule has 0 fully saturated rings. The Bertz CT molecular complexity index is 1880. The Morgan fingerprint density at radius 2 is 1.73 bits per heavy atom. The number of aryl methyl sites for hydroxylation is 1. The van der Waals surface area contributed by atoms with Gasteiger partial charge in [0.2, 0.25) is 15.5 Å². The Hall–Kier alpha value is -3.16. The van der Waals surface area contributed by atoms with E-state index in [4.69, 9.17) is 5.11 Å². The third kappa shape index (κ3) is 7.05. The van der Waals surface area contributed by atoms with Crippen molar-refractivity contribution in [2.75, 3.05) is 14.1 Å². The Labute approximate surface area is 263 Å². The van der Waals surface area contributed by atoms with Crippen LogP contribution in [-0.2, 0) is 37.4 Å². The third-order valence-corrected chi connectivity index (χ3v) is 12.0. The van der Waals surface area contributed by atoms with Crippen molar-refractivity contribution in [1.29, 1.82) is 0 Å². The van der Waals surface area contributed by atoms with Gasteiger partial charge in [-0.2, -0.15) is 4.57 Å². The van der Waals surface area contributed by atoms with Gasteiger partial charge in [-0.1, -0.05) is 74.0 Å². The van der Waals surface area contributed by atoms with Gasteiger partial charge in [-0.25, -0.2) is 21.1 Å². The molecule has 0 bridgehead atoms. The molecule has 1 aliphatic carbocycles. The fraction of sp³-hybridized carbons (Fsp3) is 0.375. The first-order valence-electron chi connectivity index (χ1n) is 14.3. The van der Waals surface area contributed by atoms with Crippen LogP contribution in [0.25, 0.3) is 16.3 Å². The zero-order chi connectivity index (χ0) is 32.4. The summed E-state index contributed by atoms with van der Waals surface area (Å²) < 4.78 is 64.5. The van der Waals surface area contributed by atoms with E-state index in [0.29, 0.717) is 6.42 Å². The smallest absolute Gasteiger partial charge is 0.303 e. The number of nitrogens with zero attached hydrogens (tertiary/aromatic N) is 2. The monoisotopic (exact) mass is 658 g/mol. The van der Waals surface area contributed by atoms with E-state index in [2.05, 4.69) is 0 Å². The summed E-state index contributed by atoms with van der Waals surface area (Å²) in [7, 11) is -3.19. The maximum atomic E-state index is 12.6. The molecule has 9 nitrogen and oxygen atoms in total. The van der Waals surface area contributed by atoms with E-state index in [1.54, 1.807) is 18.2 Å². The molecule has 4 rings (SSSR count). The largest absolute Gasteiger partial charge is 0.744 e. The quantitative estimate of drug-likeness (QED) is 0.118. The molecule has 0 saturated carbocycles. The molecule has 12 heteroatoms. The number of rotatable bonds is 12. The number of aliphatic carboxylic acids is 1. The Balaban J connectivity index is 1.60. The molecule has 0 radical (unpaired) electrons. The van der Waals surface area contributed by atoms with Crippen LogP contribution in [0.4, 0.5) is 0 Å². The molecule has 1 aromatic heterocycles. The van der Waals surface area contributed by atoms with Crippen molar-refractivity contribution in [1.82, 2.24) is 4.31 Å². The molecular weight excluding hydrogens is 621 g/mol. The van der Waals surface area contributed by atoms with Crippen molar-refractivity contribution in [3.05, 3.63) is 82.4 Å². The molecule has 1 aliphatic rings. The number of carboxylic acid groups (broad SMARTS) is 1. The van der Waals surface area contributed by atoms with Crippen LogP contribution in [0.5, 0.6) is 0 Å². The van der Waals surface area contributed by atoms with Crippen LogP contribution in [0.15, 0.2) is 76.1 Å². The number of allylic oxidation sites excluding steroid dienone is 5. The lowest BCUT2D eigenvalue weighted by atomic mass is 9.80. The van der Waals surface area contributed by atoms with Gasteiger partial charge in [0.1, 0.15) is 21.9 Å². The van der Waals surface area contributed by atoms with Gasteiger partial charge < -0.3 is 9.66 Å². The standard InChI is InChI=1S/C32H38N2O7S3/c1-32(2)26(24(12-8-6-11-15-31(35)36)25-18-16-23(20-27(25)32)44(39,40)41)13-9-7-10-14-30-34(5)28-19-17-22(21-29(28)42-30)43(37,38)33(3)4/h7,9-10,13-14,16-21,24H,6,8,11-12,15H2,1-5H3,(H-,35,36,39,40,41)/b9-7+,14-10+,26-13-. The van der Waals surface area contributed by atoms with Crippen LogP contribution in [0.1, 0.15) is 68.0 Å². The summed E-state index contributed by atoms with van der Waals surface area (Å²) in [6, 6.07) is 9.73. The number of unbranched alkanes of at least 4 members (excludes halogenated alkanes) is 2. The van der Waals surface area contributed by atoms with Crippen molar-refractivity contribution >= 4 is 53.7 Å². The lowest BCUT2D eigenvalue weighted by Gasteiger charge is -2.24. The van der Waals surface area contributed by atoms with E-state index in [9.17, 15) is 26.2 Å². The number of hydrogen-bond donors (Lipinski definition) is 1. The van der Waals surface area contributed by atoms with Crippen LogP contribution >= 0.6 is 11.3 Å². The minimum absolute atomic E-state index is 0.00917. The summed E-state index contributed by atoms with van der Waals surface area (Å²) in [6.07, 6.45) is 12.9. The zero-order valence-electron chi connectivity index (χ0n) is 25.5. The number of aromatic nitrogens is 1. The Kier molecular flexibility index (Phi) is 10.0. The summed E-state index contributed by atoms with van der Waals surface area (Å²) in [5, 5.41) is 9.90. The van der Waals surface area contributed by atoms with Crippen molar-refractivity contribution < 1.29 is 35.9 Å². The summed E-state index contributed by atoms with van der Waals surface area (Å²) in [5.41, 5.74) is 3.31. The number of thiazole rings is 1. The highest BCUT2D eigenvalue weighted by Crippen LogP contribution is 2.52. The average Bonchev–Trinajstić information content (AvgIpc) is 3.36. The van der Waals surface area contributed by atoms with E-state index < -0.39 is 31.5 Å². The topological polar surface area (TPSA) is 136 Å². The first-order valence-corrected chi connectivity index (χ1v) is 17.9. The SMILES string of the molecule is CN(C)S(=O)(=O)c1ccc2c(c1)sc(/C=C/C=C/C=C1/C(CCCCCC(=O)O)c3ccc(S(=O)(=O)[O-])cc3C1(C)C)[n+]2C. The Morgan fingerprint density at radius 1 is 1.02 bits per heavy atom. The number of fused-ring (bicyclic) bond motifs is 2. The number of sulfonamides is 1. The van der Waals surface area contributed by atoms with E-state index in [0.717, 1.165) is 51.2 Å². The van der Waals surface area contributed by atoms with Crippen LogP contribution in [0.3, 0.4) is 0 Å². The van der Waals surface area contributed by atoms with Gasteiger partial charge in [0.15, 0.2) is 0 Å². The van der Waals surface area contributed by atoms with Gasteiger partial charge in [0.05, 0.1) is 9.79 Å². The van der Waals surface area contributed by atoms with Crippen LogP contribution < -0.4 is 4.57 Å². The average molecular weight is 659 g/mol. The van der Waals surface area contributed by atoms with Gasteiger partial charge in [-0.3, -0.25) is 4.79 Å². The second kappa shape index (κ2) is 13.1. The molecular formula is C32H38N2O7S3. The first-order chi connectivity index (χ1) is 20.5. The third-order valence-electron chi connectivity index (χ3n) is 8.20. The second-order valence-electron chi connectivity index (χ2n) is 11.7. The minimum atomic E-state index is -4.60. The molecule has 0 amide bonds. The molecule has 236 valence electrons. The van der Waals surface area contributed by atoms with Crippen molar-refractivity contribution in [2.45, 2.75) is 67.1 Å². The zero-order valence-corrected chi connectivity index (χ0v) is 27.9. The van der Waals surface area contributed by atoms with Crippen LogP contribution in [0.2, 0.25) is 0 Å². The maximum Gasteiger partial charge on any atom is 0.303 e. The van der Waals surface area contributed by atoms with Crippen LogP contribution in [0, 0.1) is 0 Å². The highest BCUT2D eigenvalue weighted by molar-refractivity contribution is 7.89. The number of benzene rings is 2. The molecule has 0 saturated heterocycles. The van der Waals surface area contributed by atoms with Gasteiger partial charge >= 0.3 is 5.97 Å². The molecule has 1 heterocycles. The summed E-state index contributed by atoms with van der Waals surface area (Å²) >= 11 is 1.49. The van der Waals surface area contributed by atoms with Gasteiger partial charge in [0.25, 0.3) is 5.01 Å². The fourth-order valence-electron chi connectivity index (χ4n) is 5.76. The fourth-order valence-corrected chi connectivity index (χ4v) is 8.37. The lowest BCUT2D eigenvalue weighted by molar-refractivity contribution is -0.642. The van der Waals surface area contributed by atoms with E-state index in [1.165, 1.54) is 41.9 Å². The molecule has 0 spiro atoms. The minimum Gasteiger partial charge on any atom is -0.744 e. The molecule has 44 heavy (non-hydrogen) atoms. The summed E-state index contributed by atoms with van der Waals surface area (Å²) in [4.78, 5) is 10.9. The summed E-state index contributed by atoms with van der Waals surface area (Å²) in [6.45, 7) is 4.05. The van der Waals surface area contributed by atoms with E-state index >= 15 is 0 Å². The molecule has 1 N–H and O–H groups in total. The summed E-state index contributed by atoms with van der Waals surface area (Å²) in [5.74, 6) is -0.802. The van der Waals surface area contributed by atoms with Gasteiger partial charge in [-0.15, -0.1) is 0 Å². The maximum absolute atomic E-state index is 12.6. The lowest BCUT2D eigenvalue weighted by Crippen LogP contribution is -2.29. The first kappa shape index (κ1) is 33.7. The molecule has 2 aromatic carbocycles. The molecule has 3 aromatic rings. The molecule has 1 unspecified atom stereocenters. The van der Waals surface area contributed by atoms with Crippen LogP contribution in [-0.4, -0.2) is 50.9 Å². The highest BCUT2D eigenvalue weighted by atomic mass is 32.2. The van der Waals surface area contributed by atoms with Crippen molar-refractivity contribution in [3.8, 4) is 0 Å². The van der Waals surface area contributed by atoms with Crippen molar-refractivity contribution in [3.63, 3.8) is 0 Å². The molecule has 1 atom stereocenters. The highest BCUT2D eigenvalue weighted by Gasteiger charge is 2.41. The van der Waals surface area contributed by atoms with Crippen molar-refractivity contribution in [2.24, 2.45) is 7.05 Å². The predicted octanol–water partition coefficient (Wildman–Crippen LogP) is 5.49. The Morgan fingerprint density at radius 3 is 2.39 bits per heavy atom. The number of carboxylic acids is 1. The van der Waals surface area contributed by atoms with E-state index in [-0.39, 0.29) is 22.1 Å². The number of hydrogen-bond acceptors (Lipinski definition) is 7. The normalized spacial score (nSPS) is 17.9. The van der Waals surface area contributed by atoms with E-state index in [1.807, 2.05) is 61.9 Å². The van der Waals surface area contributed by atoms with Gasteiger partial charge in [0, 0.05) is 44.0 Å². The molecule has 0 aliphatic heterocycles. The second-order valence-corrected chi connectivity index (χ2v) is 16.2. The predicted molar refractivity (Wildman–Crippen MR) is 171 cm³/mol.